The normalized spacial score (nSPS) is 16.0. The van der Waals surface area contributed by atoms with Gasteiger partial charge in [0, 0.05) is 51.2 Å². The number of hydrogen-bond donors (Lipinski definition) is 8. The number of carbonyl (C=O) groups excluding carboxylic acids is 7. The molecule has 4 atom stereocenters. The van der Waals surface area contributed by atoms with Gasteiger partial charge in [-0.2, -0.15) is 0 Å². The average Bonchev–Trinajstić information content (AvgIpc) is 3.30. The summed E-state index contributed by atoms with van der Waals surface area (Å²) in [5, 5.41) is 29.3. The van der Waals surface area contributed by atoms with Crippen LogP contribution < -0.4 is 32.3 Å². The van der Waals surface area contributed by atoms with Gasteiger partial charge in [0.2, 0.25) is 35.4 Å². The van der Waals surface area contributed by atoms with E-state index in [4.69, 9.17) is 20.3 Å². The summed E-state index contributed by atoms with van der Waals surface area (Å²) in [6.07, 6.45) is -2.58. The molecule has 2 unspecified atom stereocenters. The number of imide groups is 1. The van der Waals surface area contributed by atoms with Gasteiger partial charge in [-0.1, -0.05) is 0 Å². The van der Waals surface area contributed by atoms with Crippen LogP contribution in [0.25, 0.3) is 0 Å². The van der Waals surface area contributed by atoms with Gasteiger partial charge in [-0.05, 0) is 34.1 Å². The molecule has 0 aromatic carbocycles. The quantitative estimate of drug-likeness (QED) is 0.0402. The number of nitrogens with two attached hydrogens (primary N) is 1. The van der Waals surface area contributed by atoms with Crippen LogP contribution in [-0.4, -0.2) is 143 Å². The van der Waals surface area contributed by atoms with E-state index in [9.17, 15) is 48.3 Å². The maximum absolute atomic E-state index is 13.0. The topological polar surface area (TPSA) is 302 Å². The minimum atomic E-state index is -1.50. The number of carboxylic acid groups (broad SMARTS) is 2. The first kappa shape index (κ1) is 44.5. The van der Waals surface area contributed by atoms with E-state index in [0.29, 0.717) is 13.1 Å². The fourth-order valence-corrected chi connectivity index (χ4v) is 5.49. The van der Waals surface area contributed by atoms with Gasteiger partial charge < -0.3 is 52.0 Å². The van der Waals surface area contributed by atoms with Crippen LogP contribution in [0.3, 0.4) is 0 Å². The molecule has 0 bridgehead atoms. The van der Waals surface area contributed by atoms with Crippen LogP contribution in [0.4, 0.5) is 4.79 Å². The molecule has 0 spiro atoms. The number of nitrogens with zero attached hydrogens (tertiary/aromatic N) is 1. The van der Waals surface area contributed by atoms with Gasteiger partial charge in [0.15, 0.2) is 0 Å². The van der Waals surface area contributed by atoms with Crippen LogP contribution in [0.2, 0.25) is 0 Å². The third-order valence-electron chi connectivity index (χ3n) is 6.71. The van der Waals surface area contributed by atoms with E-state index in [2.05, 4.69) is 26.6 Å². The third kappa shape index (κ3) is 18.9. The first-order chi connectivity index (χ1) is 23.8. The van der Waals surface area contributed by atoms with Crippen LogP contribution in [0.15, 0.2) is 0 Å². The SMILES string of the molecule is CC(CC(=O)NCCN)OCCNC(=O)CCN1C(=O)CC(SC[C@H](NC(=O)CC[C@H](NC(=O)OC(C)(C)C)C(=O)O)C(=O)NCC(=O)O)C1=O. The number of aliphatic carboxylic acids is 2. The fourth-order valence-electron chi connectivity index (χ4n) is 4.30. The Morgan fingerprint density at radius 2 is 1.61 bits per heavy atom. The number of amides is 7. The van der Waals surface area contributed by atoms with E-state index >= 15 is 0 Å². The first-order valence-electron chi connectivity index (χ1n) is 16.1. The van der Waals surface area contributed by atoms with Crippen LogP contribution in [0.5, 0.6) is 0 Å². The molecule has 288 valence electrons. The summed E-state index contributed by atoms with van der Waals surface area (Å²) < 4.78 is 10.5. The maximum atomic E-state index is 13.0. The number of hydrogen-bond acceptors (Lipinski definition) is 13. The predicted octanol–water partition coefficient (Wildman–Crippen LogP) is -2.33. The van der Waals surface area contributed by atoms with Crippen molar-refractivity contribution in [1.29, 1.82) is 0 Å². The Morgan fingerprint density at radius 1 is 0.941 bits per heavy atom. The number of rotatable bonds is 23. The second kappa shape index (κ2) is 22.3. The minimum absolute atomic E-state index is 0.120. The van der Waals surface area contributed by atoms with E-state index in [0.717, 1.165) is 16.7 Å². The average molecular weight is 748 g/mol. The highest BCUT2D eigenvalue weighted by molar-refractivity contribution is 8.00. The Bertz CT molecular complexity index is 1280. The highest BCUT2D eigenvalue weighted by Crippen LogP contribution is 2.26. The Balaban J connectivity index is 2.66. The monoisotopic (exact) mass is 747 g/mol. The largest absolute Gasteiger partial charge is 0.480 e. The maximum Gasteiger partial charge on any atom is 0.408 e. The van der Waals surface area contributed by atoms with Crippen molar-refractivity contribution in [3.05, 3.63) is 0 Å². The molecule has 9 N–H and O–H groups in total. The zero-order chi connectivity index (χ0) is 38.7. The Kier molecular flexibility index (Phi) is 19.5. The molecule has 7 amide bonds. The van der Waals surface area contributed by atoms with Gasteiger partial charge in [-0.15, -0.1) is 11.8 Å². The lowest BCUT2D eigenvalue weighted by atomic mass is 10.1. The summed E-state index contributed by atoms with van der Waals surface area (Å²) in [5.41, 5.74) is 4.43. The second-order valence-electron chi connectivity index (χ2n) is 12.3. The Morgan fingerprint density at radius 3 is 2.22 bits per heavy atom. The van der Waals surface area contributed by atoms with Crippen LogP contribution in [-0.2, 0) is 47.8 Å². The first-order valence-corrected chi connectivity index (χ1v) is 17.2. The number of ether oxygens (including phenoxy) is 2. The van der Waals surface area contributed by atoms with E-state index < -0.39 is 89.6 Å². The molecule has 0 aliphatic carbocycles. The molecule has 0 aromatic heterocycles. The molecule has 1 rings (SSSR count). The van der Waals surface area contributed by atoms with Crippen molar-refractivity contribution in [3.63, 3.8) is 0 Å². The summed E-state index contributed by atoms with van der Waals surface area (Å²) in [6.45, 7) is 6.37. The van der Waals surface area contributed by atoms with Crippen LogP contribution in [0.1, 0.15) is 59.8 Å². The molecule has 21 heteroatoms. The molecule has 0 saturated carbocycles. The minimum Gasteiger partial charge on any atom is -0.480 e. The fraction of sp³-hybridized carbons (Fsp3) is 0.700. The highest BCUT2D eigenvalue weighted by Gasteiger charge is 2.39. The summed E-state index contributed by atoms with van der Waals surface area (Å²) in [5.74, 6) is -6.61. The molecule has 51 heavy (non-hydrogen) atoms. The summed E-state index contributed by atoms with van der Waals surface area (Å²) in [6, 6.07) is -2.88. The molecule has 1 fully saturated rings. The van der Waals surface area contributed by atoms with E-state index in [-0.39, 0.29) is 57.0 Å². The van der Waals surface area contributed by atoms with Crippen molar-refractivity contribution in [3.8, 4) is 0 Å². The number of alkyl carbamates (subject to hydrolysis) is 1. The molecular weight excluding hydrogens is 698 g/mol. The number of nitrogens with one attached hydrogen (secondary N) is 5. The third-order valence-corrected chi connectivity index (χ3v) is 8.01. The zero-order valence-electron chi connectivity index (χ0n) is 29.1. The predicted molar refractivity (Wildman–Crippen MR) is 180 cm³/mol. The van der Waals surface area contributed by atoms with Gasteiger partial charge in [0.1, 0.15) is 24.2 Å². The van der Waals surface area contributed by atoms with Gasteiger partial charge >= 0.3 is 18.0 Å². The van der Waals surface area contributed by atoms with Gasteiger partial charge in [-0.3, -0.25) is 38.5 Å². The van der Waals surface area contributed by atoms with Crippen molar-refractivity contribution in [1.82, 2.24) is 31.5 Å². The van der Waals surface area contributed by atoms with Crippen LogP contribution >= 0.6 is 11.8 Å². The van der Waals surface area contributed by atoms with E-state index in [1.165, 1.54) is 0 Å². The number of carbonyl (C=O) groups is 9. The number of carboxylic acids is 2. The van der Waals surface area contributed by atoms with Crippen molar-refractivity contribution in [2.24, 2.45) is 5.73 Å². The molecule has 1 saturated heterocycles. The summed E-state index contributed by atoms with van der Waals surface area (Å²) in [4.78, 5) is 110. The Labute approximate surface area is 299 Å². The smallest absolute Gasteiger partial charge is 0.408 e. The van der Waals surface area contributed by atoms with Gasteiger partial charge in [0.25, 0.3) is 0 Å². The summed E-state index contributed by atoms with van der Waals surface area (Å²) in [7, 11) is 0. The van der Waals surface area contributed by atoms with Crippen molar-refractivity contribution >= 4 is 65.2 Å². The standard InChI is InChI=1S/C30H49N7O13S/c1-17(13-23(40)32-9-8-31)49-12-10-33-21(38)7-11-37-24(41)14-20(27(37)45)51-16-19(26(44)34-15-25(42)43)35-22(39)6-5-18(28(46)47)36-29(48)50-30(2,3)4/h17-20H,5-16,31H2,1-4H3,(H,32,40)(H,33,38)(H,34,44)(H,35,39)(H,36,48)(H,42,43)(H,46,47)/t17?,18-,19-,20?/m0/s1. The molecule has 20 nitrogen and oxygen atoms in total. The van der Waals surface area contributed by atoms with Crippen molar-refractivity contribution < 1.29 is 62.8 Å². The number of likely N-dealkylation sites (tertiary alicyclic amines) is 1. The molecule has 1 aliphatic heterocycles. The van der Waals surface area contributed by atoms with E-state index in [1.807, 2.05) is 0 Å². The highest BCUT2D eigenvalue weighted by atomic mass is 32.2. The second-order valence-corrected chi connectivity index (χ2v) is 13.6. The summed E-state index contributed by atoms with van der Waals surface area (Å²) >= 11 is 0.863. The lowest BCUT2D eigenvalue weighted by Gasteiger charge is -2.22. The van der Waals surface area contributed by atoms with Gasteiger partial charge in [0.05, 0.1) is 24.4 Å². The lowest BCUT2D eigenvalue weighted by Crippen LogP contribution is -2.50. The van der Waals surface area contributed by atoms with Gasteiger partial charge in [-0.25, -0.2) is 9.59 Å². The molecule has 1 heterocycles. The molecule has 0 radical (unpaired) electrons. The Hall–Kier alpha value is -4.50. The van der Waals surface area contributed by atoms with Crippen LogP contribution in [0, 0.1) is 0 Å². The molecule has 0 aromatic rings. The molecule has 1 aliphatic rings. The van der Waals surface area contributed by atoms with E-state index in [1.54, 1.807) is 27.7 Å². The zero-order valence-corrected chi connectivity index (χ0v) is 29.9. The molecular formula is C30H49N7O13S. The van der Waals surface area contributed by atoms with Crippen molar-refractivity contribution in [2.75, 3.05) is 45.1 Å². The lowest BCUT2D eigenvalue weighted by molar-refractivity contribution is -0.140. The van der Waals surface area contributed by atoms with Crippen molar-refractivity contribution in [2.45, 2.75) is 88.8 Å². The number of thioether (sulfide) groups is 1.